The summed E-state index contributed by atoms with van der Waals surface area (Å²) in [6.45, 7) is 5.95. The van der Waals surface area contributed by atoms with Crippen molar-refractivity contribution in [2.45, 2.75) is 19.8 Å². The first kappa shape index (κ1) is 15.1. The molecule has 5 heteroatoms. The van der Waals surface area contributed by atoms with Gasteiger partial charge in [0.15, 0.2) is 0 Å². The molecule has 0 saturated carbocycles. The molecule has 3 nitrogen and oxygen atoms in total. The molecular weight excluding hydrogens is 250 g/mol. The first-order valence-corrected chi connectivity index (χ1v) is 6.40. The standard InChI is InChI=1S/C13H18BClO3/c1-10(2)9-18-13-6-5-11(4-3-7-15)8-12(13)14(16)17/h5-6,8,16-17H,1,3-4,7,9H2,2H3. The minimum absolute atomic E-state index is 0.362. The second-order valence-electron chi connectivity index (χ2n) is 4.28. The van der Waals surface area contributed by atoms with Gasteiger partial charge in [0.25, 0.3) is 0 Å². The number of ether oxygens (including phenoxy) is 1. The molecule has 0 aliphatic carbocycles. The molecule has 0 atom stereocenters. The minimum atomic E-state index is -1.54. The predicted octanol–water partition coefficient (Wildman–Crippen LogP) is 1.49. The van der Waals surface area contributed by atoms with Crippen LogP contribution in [0.3, 0.4) is 0 Å². The fraction of sp³-hybridized carbons (Fsp3) is 0.385. The Bertz CT molecular complexity index is 407. The molecular formula is C13H18BClO3. The van der Waals surface area contributed by atoms with Crippen molar-refractivity contribution >= 4 is 24.2 Å². The molecule has 0 fully saturated rings. The molecule has 98 valence electrons. The number of hydrogen-bond donors (Lipinski definition) is 2. The van der Waals surface area contributed by atoms with E-state index < -0.39 is 7.12 Å². The van der Waals surface area contributed by atoms with Gasteiger partial charge in [0, 0.05) is 11.3 Å². The molecule has 1 rings (SSSR count). The molecule has 1 aromatic rings. The maximum absolute atomic E-state index is 9.35. The summed E-state index contributed by atoms with van der Waals surface area (Å²) < 4.78 is 5.47. The summed E-state index contributed by atoms with van der Waals surface area (Å²) in [4.78, 5) is 0. The quantitative estimate of drug-likeness (QED) is 0.447. The van der Waals surface area contributed by atoms with Gasteiger partial charge in [-0.05, 0) is 37.0 Å². The maximum atomic E-state index is 9.35. The van der Waals surface area contributed by atoms with Gasteiger partial charge in [-0.25, -0.2) is 0 Å². The third-order valence-electron chi connectivity index (χ3n) is 2.43. The normalized spacial score (nSPS) is 10.2. The maximum Gasteiger partial charge on any atom is 0.492 e. The molecule has 0 aromatic heterocycles. The number of alkyl halides is 1. The van der Waals surface area contributed by atoms with Gasteiger partial charge in [0.1, 0.15) is 12.4 Å². The van der Waals surface area contributed by atoms with Crippen molar-refractivity contribution in [2.75, 3.05) is 12.5 Å². The zero-order valence-corrected chi connectivity index (χ0v) is 11.3. The lowest BCUT2D eigenvalue weighted by Gasteiger charge is -2.12. The molecule has 0 amide bonds. The lowest BCUT2D eigenvalue weighted by atomic mass is 9.78. The van der Waals surface area contributed by atoms with Gasteiger partial charge in [0.05, 0.1) is 0 Å². The van der Waals surface area contributed by atoms with E-state index in [0.29, 0.717) is 23.7 Å². The predicted molar refractivity (Wildman–Crippen MR) is 75.6 cm³/mol. The van der Waals surface area contributed by atoms with Crippen LogP contribution in [0.1, 0.15) is 18.9 Å². The zero-order chi connectivity index (χ0) is 13.5. The summed E-state index contributed by atoms with van der Waals surface area (Å²) in [7, 11) is -1.54. The van der Waals surface area contributed by atoms with Crippen molar-refractivity contribution in [3.8, 4) is 5.75 Å². The van der Waals surface area contributed by atoms with Gasteiger partial charge in [-0.2, -0.15) is 0 Å². The van der Waals surface area contributed by atoms with Crippen molar-refractivity contribution in [1.29, 1.82) is 0 Å². The van der Waals surface area contributed by atoms with Crippen LogP contribution >= 0.6 is 11.6 Å². The Balaban J connectivity index is 2.86. The van der Waals surface area contributed by atoms with Crippen LogP contribution in [0.4, 0.5) is 0 Å². The highest BCUT2D eigenvalue weighted by Gasteiger charge is 2.17. The first-order valence-electron chi connectivity index (χ1n) is 5.86. The van der Waals surface area contributed by atoms with E-state index in [-0.39, 0.29) is 0 Å². The molecule has 1 aromatic carbocycles. The van der Waals surface area contributed by atoms with Crippen LogP contribution in [0.2, 0.25) is 0 Å². The monoisotopic (exact) mass is 268 g/mol. The molecule has 0 radical (unpaired) electrons. The Kier molecular flexibility index (Phi) is 6.26. The van der Waals surface area contributed by atoms with Crippen LogP contribution in [0.5, 0.6) is 5.75 Å². The van der Waals surface area contributed by atoms with E-state index in [1.54, 1.807) is 12.1 Å². The Labute approximate surface area is 113 Å². The van der Waals surface area contributed by atoms with Crippen LogP contribution < -0.4 is 10.2 Å². The van der Waals surface area contributed by atoms with Crippen molar-refractivity contribution in [2.24, 2.45) is 0 Å². The topological polar surface area (TPSA) is 49.7 Å². The summed E-state index contributed by atoms with van der Waals surface area (Å²) in [5.41, 5.74) is 2.27. The van der Waals surface area contributed by atoms with Crippen molar-refractivity contribution in [3.05, 3.63) is 35.9 Å². The van der Waals surface area contributed by atoms with Gasteiger partial charge < -0.3 is 14.8 Å². The fourth-order valence-electron chi connectivity index (χ4n) is 1.56. The fourth-order valence-corrected chi connectivity index (χ4v) is 1.69. The molecule has 0 bridgehead atoms. The molecule has 0 unspecified atom stereocenters. The molecule has 0 aliphatic heterocycles. The number of halogens is 1. The molecule has 0 aliphatic rings. The summed E-state index contributed by atoms with van der Waals surface area (Å²) in [5, 5.41) is 18.7. The number of benzene rings is 1. The van der Waals surface area contributed by atoms with Crippen LogP contribution in [-0.4, -0.2) is 29.7 Å². The van der Waals surface area contributed by atoms with Crippen LogP contribution in [0, 0.1) is 0 Å². The van der Waals surface area contributed by atoms with Gasteiger partial charge in [-0.15, -0.1) is 11.6 Å². The zero-order valence-electron chi connectivity index (χ0n) is 10.5. The second-order valence-corrected chi connectivity index (χ2v) is 4.66. The minimum Gasteiger partial charge on any atom is -0.490 e. The molecule has 0 saturated heterocycles. The number of hydrogen-bond acceptors (Lipinski definition) is 3. The number of aryl methyl sites for hydroxylation is 1. The summed E-state index contributed by atoms with van der Waals surface area (Å²) in [6.07, 6.45) is 1.67. The Hall–Kier alpha value is -0.965. The van der Waals surface area contributed by atoms with E-state index >= 15 is 0 Å². The highest BCUT2D eigenvalue weighted by molar-refractivity contribution is 6.59. The third-order valence-corrected chi connectivity index (χ3v) is 2.69. The third kappa shape index (κ3) is 4.73. The lowest BCUT2D eigenvalue weighted by molar-refractivity contribution is 0.351. The lowest BCUT2D eigenvalue weighted by Crippen LogP contribution is -2.32. The smallest absolute Gasteiger partial charge is 0.490 e. The Morgan fingerprint density at radius 2 is 2.17 bits per heavy atom. The van der Waals surface area contributed by atoms with E-state index in [2.05, 4.69) is 6.58 Å². The SMILES string of the molecule is C=C(C)COc1ccc(CCCCl)cc1B(O)O. The van der Waals surface area contributed by atoms with E-state index in [4.69, 9.17) is 16.3 Å². The van der Waals surface area contributed by atoms with E-state index in [1.165, 1.54) is 0 Å². The molecule has 2 N–H and O–H groups in total. The average Bonchev–Trinajstić information content (AvgIpc) is 2.34. The van der Waals surface area contributed by atoms with Gasteiger partial charge in [-0.3, -0.25) is 0 Å². The largest absolute Gasteiger partial charge is 0.492 e. The Morgan fingerprint density at radius 3 is 2.72 bits per heavy atom. The molecule has 18 heavy (non-hydrogen) atoms. The molecule has 0 spiro atoms. The van der Waals surface area contributed by atoms with Gasteiger partial charge in [0.2, 0.25) is 0 Å². The van der Waals surface area contributed by atoms with Crippen molar-refractivity contribution in [3.63, 3.8) is 0 Å². The second kappa shape index (κ2) is 7.47. The van der Waals surface area contributed by atoms with Gasteiger partial charge >= 0.3 is 7.12 Å². The summed E-state index contributed by atoms with van der Waals surface area (Å²) in [6, 6.07) is 5.40. The average molecular weight is 269 g/mol. The van der Waals surface area contributed by atoms with Crippen LogP contribution in [0.25, 0.3) is 0 Å². The van der Waals surface area contributed by atoms with Crippen molar-refractivity contribution < 1.29 is 14.8 Å². The summed E-state index contributed by atoms with van der Waals surface area (Å²) >= 11 is 5.64. The van der Waals surface area contributed by atoms with Gasteiger partial charge in [-0.1, -0.05) is 18.7 Å². The number of rotatable bonds is 7. The summed E-state index contributed by atoms with van der Waals surface area (Å²) in [5.74, 6) is 1.06. The van der Waals surface area contributed by atoms with Crippen molar-refractivity contribution in [1.82, 2.24) is 0 Å². The van der Waals surface area contributed by atoms with Crippen LogP contribution in [-0.2, 0) is 6.42 Å². The van der Waals surface area contributed by atoms with E-state index in [1.807, 2.05) is 13.0 Å². The first-order chi connectivity index (χ1) is 8.54. The Morgan fingerprint density at radius 1 is 1.44 bits per heavy atom. The van der Waals surface area contributed by atoms with E-state index in [0.717, 1.165) is 24.0 Å². The molecule has 0 heterocycles. The van der Waals surface area contributed by atoms with Crippen LogP contribution in [0.15, 0.2) is 30.4 Å². The highest BCUT2D eigenvalue weighted by Crippen LogP contribution is 2.13. The van der Waals surface area contributed by atoms with E-state index in [9.17, 15) is 10.0 Å². The highest BCUT2D eigenvalue weighted by atomic mass is 35.5.